The van der Waals surface area contributed by atoms with E-state index in [1.54, 1.807) is 4.90 Å². The van der Waals surface area contributed by atoms with Gasteiger partial charge in [-0.15, -0.1) is 5.10 Å². The number of carbonyl (C=O) groups is 1. The standard InChI is InChI=1S/C27H25N5O5/c28-9-24-29-14-32(30-24)26(33)31-12-27(13-31)7-21(8-27)25(17-1-3-22-19(5-17)10-34-15-36-22)18-2-4-23-20(6-18)11-35-16-37-23/h1-6,14,21,25H,7-8,10-13,15-16H2. The number of likely N-dealkylation sites (tertiary alicyclic amines) is 1. The second-order valence-electron chi connectivity index (χ2n) is 10.4. The van der Waals surface area contributed by atoms with Crippen LogP contribution in [0.5, 0.6) is 11.5 Å². The van der Waals surface area contributed by atoms with E-state index in [9.17, 15) is 4.79 Å². The molecule has 7 rings (SSSR count). The molecule has 3 aromatic rings. The predicted octanol–water partition coefficient (Wildman–Crippen LogP) is 3.39. The average molecular weight is 500 g/mol. The van der Waals surface area contributed by atoms with E-state index in [-0.39, 0.29) is 36.8 Å². The van der Waals surface area contributed by atoms with E-state index in [1.807, 2.05) is 6.07 Å². The Kier molecular flexibility index (Phi) is 5.16. The van der Waals surface area contributed by atoms with Crippen LogP contribution in [-0.2, 0) is 22.7 Å². The van der Waals surface area contributed by atoms with Crippen molar-refractivity contribution in [2.75, 3.05) is 26.7 Å². The second-order valence-corrected chi connectivity index (χ2v) is 10.4. The van der Waals surface area contributed by atoms with Crippen molar-refractivity contribution < 1.29 is 23.7 Å². The third kappa shape index (κ3) is 3.82. The lowest BCUT2D eigenvalue weighted by Crippen LogP contribution is -2.65. The molecule has 188 valence electrons. The summed E-state index contributed by atoms with van der Waals surface area (Å²) in [4.78, 5) is 18.4. The van der Waals surface area contributed by atoms with Gasteiger partial charge in [-0.2, -0.15) is 9.94 Å². The molecule has 4 aliphatic rings. The van der Waals surface area contributed by atoms with Crippen LogP contribution < -0.4 is 9.47 Å². The highest BCUT2D eigenvalue weighted by molar-refractivity contribution is 5.77. The van der Waals surface area contributed by atoms with Crippen LogP contribution in [0.4, 0.5) is 4.79 Å². The average Bonchev–Trinajstić information content (AvgIpc) is 3.38. The van der Waals surface area contributed by atoms with Gasteiger partial charge in [-0.3, -0.25) is 0 Å². The monoisotopic (exact) mass is 499 g/mol. The van der Waals surface area contributed by atoms with Crippen LogP contribution >= 0.6 is 0 Å². The summed E-state index contributed by atoms with van der Waals surface area (Å²) in [7, 11) is 0. The van der Waals surface area contributed by atoms with Gasteiger partial charge in [-0.1, -0.05) is 12.1 Å². The Morgan fingerprint density at radius 3 is 2.19 bits per heavy atom. The Morgan fingerprint density at radius 1 is 1.00 bits per heavy atom. The Hall–Kier alpha value is -3.94. The number of carbonyl (C=O) groups excluding carboxylic acids is 1. The fraction of sp³-hybridized carbons (Fsp3) is 0.407. The summed E-state index contributed by atoms with van der Waals surface area (Å²) in [5.74, 6) is 2.39. The van der Waals surface area contributed by atoms with E-state index in [2.05, 4.69) is 46.5 Å². The summed E-state index contributed by atoms with van der Waals surface area (Å²) in [5.41, 5.74) is 4.74. The largest absolute Gasteiger partial charge is 0.467 e. The van der Waals surface area contributed by atoms with E-state index >= 15 is 0 Å². The summed E-state index contributed by atoms with van der Waals surface area (Å²) in [6.07, 6.45) is 3.35. The van der Waals surface area contributed by atoms with Crippen molar-refractivity contribution in [3.8, 4) is 17.6 Å². The molecule has 3 aliphatic heterocycles. The molecule has 1 saturated carbocycles. The van der Waals surface area contributed by atoms with Crippen LogP contribution in [0.25, 0.3) is 0 Å². The summed E-state index contributed by atoms with van der Waals surface area (Å²) < 4.78 is 23.5. The Labute approximate surface area is 213 Å². The summed E-state index contributed by atoms with van der Waals surface area (Å²) in [6.45, 7) is 3.04. The van der Waals surface area contributed by atoms with Crippen molar-refractivity contribution in [1.82, 2.24) is 19.7 Å². The van der Waals surface area contributed by atoms with E-state index in [4.69, 9.17) is 24.2 Å². The molecule has 0 atom stereocenters. The van der Waals surface area contributed by atoms with Crippen molar-refractivity contribution in [3.63, 3.8) is 0 Å². The van der Waals surface area contributed by atoms with Crippen LogP contribution in [-0.4, -0.2) is 52.4 Å². The molecule has 10 heteroatoms. The van der Waals surface area contributed by atoms with Gasteiger partial charge in [0, 0.05) is 35.5 Å². The molecule has 2 fully saturated rings. The number of amides is 1. The van der Waals surface area contributed by atoms with Gasteiger partial charge in [0.1, 0.15) is 23.9 Å². The van der Waals surface area contributed by atoms with Crippen LogP contribution in [0.2, 0.25) is 0 Å². The van der Waals surface area contributed by atoms with Gasteiger partial charge in [0.25, 0.3) is 5.82 Å². The van der Waals surface area contributed by atoms with Crippen LogP contribution in [0.15, 0.2) is 42.7 Å². The zero-order valence-corrected chi connectivity index (χ0v) is 20.1. The van der Waals surface area contributed by atoms with Gasteiger partial charge in [0.05, 0.1) is 13.2 Å². The molecular formula is C27H25N5O5. The van der Waals surface area contributed by atoms with Crippen molar-refractivity contribution >= 4 is 6.03 Å². The Bertz CT molecular complexity index is 1360. The minimum absolute atomic E-state index is 0.00293. The summed E-state index contributed by atoms with van der Waals surface area (Å²) in [5, 5.41) is 12.9. The van der Waals surface area contributed by atoms with Crippen molar-refractivity contribution in [2.45, 2.75) is 32.0 Å². The molecule has 37 heavy (non-hydrogen) atoms. The maximum atomic E-state index is 12.7. The number of nitriles is 1. The molecule has 1 aromatic heterocycles. The van der Waals surface area contributed by atoms with Gasteiger partial charge < -0.3 is 23.8 Å². The third-order valence-corrected chi connectivity index (χ3v) is 7.97. The number of benzene rings is 2. The molecule has 4 heterocycles. The smallest absolute Gasteiger partial charge is 0.346 e. The lowest BCUT2D eigenvalue weighted by molar-refractivity contribution is -0.0755. The zero-order chi connectivity index (χ0) is 25.0. The molecule has 0 bridgehead atoms. The number of aromatic nitrogens is 3. The maximum absolute atomic E-state index is 12.7. The van der Waals surface area contributed by atoms with Crippen molar-refractivity contribution in [2.24, 2.45) is 11.3 Å². The number of hydrogen-bond donors (Lipinski definition) is 0. The Balaban J connectivity index is 1.12. The number of nitrogens with zero attached hydrogens (tertiary/aromatic N) is 5. The Morgan fingerprint density at radius 2 is 1.62 bits per heavy atom. The first kappa shape index (κ1) is 22.3. The van der Waals surface area contributed by atoms with Gasteiger partial charge >= 0.3 is 6.03 Å². The molecule has 0 radical (unpaired) electrons. The van der Waals surface area contributed by atoms with Gasteiger partial charge in [-0.25, -0.2) is 9.78 Å². The first-order chi connectivity index (χ1) is 18.1. The molecule has 1 saturated heterocycles. The molecule has 10 nitrogen and oxygen atoms in total. The second kappa shape index (κ2) is 8.57. The first-order valence-corrected chi connectivity index (χ1v) is 12.4. The topological polar surface area (TPSA) is 112 Å². The van der Waals surface area contributed by atoms with E-state index in [1.165, 1.54) is 17.5 Å². The minimum atomic E-state index is -0.232. The highest BCUT2D eigenvalue weighted by Crippen LogP contribution is 2.58. The number of ether oxygens (including phenoxy) is 4. The fourth-order valence-corrected chi connectivity index (χ4v) is 6.34. The highest BCUT2D eigenvalue weighted by atomic mass is 16.7. The molecule has 2 aromatic carbocycles. The van der Waals surface area contributed by atoms with Crippen LogP contribution in [0.3, 0.4) is 0 Å². The van der Waals surface area contributed by atoms with Gasteiger partial charge in [-0.05, 0) is 54.2 Å². The molecular weight excluding hydrogens is 474 g/mol. The van der Waals surface area contributed by atoms with Crippen molar-refractivity contribution in [1.29, 1.82) is 5.26 Å². The lowest BCUT2D eigenvalue weighted by Gasteiger charge is -2.60. The van der Waals surface area contributed by atoms with Gasteiger partial charge in [0.15, 0.2) is 13.6 Å². The SMILES string of the molecule is N#Cc1ncn(C(=O)N2CC3(CC(C(c4ccc5c(c4)COCO5)c4ccc5c(c4)COCO5)C3)C2)n1. The molecule has 1 amide bonds. The third-order valence-electron chi connectivity index (χ3n) is 7.97. The van der Waals surface area contributed by atoms with Crippen LogP contribution in [0, 0.1) is 22.7 Å². The number of rotatable bonds is 3. The van der Waals surface area contributed by atoms with E-state index in [0.29, 0.717) is 32.2 Å². The first-order valence-electron chi connectivity index (χ1n) is 12.4. The maximum Gasteiger partial charge on any atom is 0.346 e. The van der Waals surface area contributed by atoms with Crippen LogP contribution in [0.1, 0.15) is 46.8 Å². The van der Waals surface area contributed by atoms with E-state index in [0.717, 1.165) is 40.1 Å². The lowest BCUT2D eigenvalue weighted by atomic mass is 9.53. The predicted molar refractivity (Wildman–Crippen MR) is 128 cm³/mol. The van der Waals surface area contributed by atoms with Gasteiger partial charge in [0.2, 0.25) is 0 Å². The quantitative estimate of drug-likeness (QED) is 0.539. The molecule has 0 unspecified atom stereocenters. The zero-order valence-electron chi connectivity index (χ0n) is 20.1. The summed E-state index contributed by atoms with van der Waals surface area (Å²) >= 11 is 0. The number of hydrogen-bond acceptors (Lipinski definition) is 8. The normalized spacial score (nSPS) is 19.6. The minimum Gasteiger partial charge on any atom is -0.467 e. The van der Waals surface area contributed by atoms with E-state index < -0.39 is 0 Å². The molecule has 1 spiro atoms. The molecule has 0 N–H and O–H groups in total. The molecule has 1 aliphatic carbocycles. The highest BCUT2D eigenvalue weighted by Gasteiger charge is 2.56. The number of fused-ring (bicyclic) bond motifs is 2. The van der Waals surface area contributed by atoms with Crippen molar-refractivity contribution in [3.05, 3.63) is 70.8 Å². The fourth-order valence-electron chi connectivity index (χ4n) is 6.34. The summed E-state index contributed by atoms with van der Waals surface area (Å²) in [6, 6.07) is 14.5.